The molecule has 3 aromatic carbocycles. The lowest BCUT2D eigenvalue weighted by molar-refractivity contribution is 0.485. The number of hydrogen-bond donors (Lipinski definition) is 0. The maximum Gasteiger partial charge on any atom is 0.339 e. The zero-order valence-electron chi connectivity index (χ0n) is 15.3. The maximum atomic E-state index is 12.6. The smallest absolute Gasteiger partial charge is 0.339 e. The number of hydrogen-bond acceptors (Lipinski definition) is 4. The first-order valence-electron chi connectivity index (χ1n) is 8.47. The summed E-state index contributed by atoms with van der Waals surface area (Å²) in [5.41, 5.74) is 2.08. The number of nitriles is 1. The van der Waals surface area contributed by atoms with Gasteiger partial charge >= 0.3 is 10.1 Å². The number of rotatable bonds is 5. The standard InChI is InChI=1S/C22H15Cl2NO3S/c1-15-6-9-19(10-7-15)29(26,27)28-22-5-3-2-4-16(22)12-17(14-25)20-11-8-18(23)13-21(20)24/h2-13H,1H3/b17-12+. The van der Waals surface area contributed by atoms with E-state index in [1.807, 2.05) is 6.92 Å². The lowest BCUT2D eigenvalue weighted by Gasteiger charge is -2.10. The van der Waals surface area contributed by atoms with Crippen molar-refractivity contribution < 1.29 is 12.6 Å². The Balaban J connectivity index is 2.01. The van der Waals surface area contributed by atoms with Crippen molar-refractivity contribution in [2.75, 3.05) is 0 Å². The van der Waals surface area contributed by atoms with E-state index < -0.39 is 10.1 Å². The minimum atomic E-state index is -4.03. The molecular weight excluding hydrogens is 429 g/mol. The molecule has 0 spiro atoms. The van der Waals surface area contributed by atoms with Crippen LogP contribution in [0.15, 0.2) is 71.6 Å². The van der Waals surface area contributed by atoms with Crippen molar-refractivity contribution in [1.82, 2.24) is 0 Å². The molecule has 0 aliphatic heterocycles. The van der Waals surface area contributed by atoms with Gasteiger partial charge in [0.15, 0.2) is 0 Å². The van der Waals surface area contributed by atoms with Crippen molar-refractivity contribution in [1.29, 1.82) is 5.26 Å². The highest BCUT2D eigenvalue weighted by atomic mass is 35.5. The molecule has 0 atom stereocenters. The van der Waals surface area contributed by atoms with Crippen LogP contribution >= 0.6 is 23.2 Å². The van der Waals surface area contributed by atoms with Gasteiger partial charge in [0.1, 0.15) is 10.6 Å². The largest absolute Gasteiger partial charge is 0.378 e. The molecule has 4 nitrogen and oxygen atoms in total. The predicted octanol–water partition coefficient (Wildman–Crippen LogP) is 6.13. The van der Waals surface area contributed by atoms with Crippen LogP contribution in [0.5, 0.6) is 5.75 Å². The summed E-state index contributed by atoms with van der Waals surface area (Å²) in [5.74, 6) is 0.103. The fourth-order valence-electron chi connectivity index (χ4n) is 2.58. The van der Waals surface area contributed by atoms with Crippen molar-refractivity contribution in [3.63, 3.8) is 0 Å². The molecule has 0 aliphatic carbocycles. The summed E-state index contributed by atoms with van der Waals surface area (Å²) in [7, 11) is -4.03. The van der Waals surface area contributed by atoms with Crippen LogP contribution in [0.25, 0.3) is 11.6 Å². The molecule has 0 unspecified atom stereocenters. The molecule has 146 valence electrons. The second-order valence-electron chi connectivity index (χ2n) is 6.18. The van der Waals surface area contributed by atoms with E-state index in [1.54, 1.807) is 42.5 Å². The molecule has 0 heterocycles. The number of aryl methyl sites for hydroxylation is 1. The highest BCUT2D eigenvalue weighted by Gasteiger charge is 2.18. The first-order valence-corrected chi connectivity index (χ1v) is 10.6. The Morgan fingerprint density at radius 3 is 2.38 bits per heavy atom. The van der Waals surface area contributed by atoms with Crippen LogP contribution in [0, 0.1) is 18.3 Å². The number of para-hydroxylation sites is 1. The molecule has 7 heteroatoms. The van der Waals surface area contributed by atoms with Gasteiger partial charge in [0, 0.05) is 16.1 Å². The number of allylic oxidation sites excluding steroid dienone is 1. The summed E-state index contributed by atoms with van der Waals surface area (Å²) in [6, 6.07) is 19.8. The molecule has 0 bridgehead atoms. The average molecular weight is 444 g/mol. The Kier molecular flexibility index (Phi) is 6.29. The lowest BCUT2D eigenvalue weighted by atomic mass is 10.0. The van der Waals surface area contributed by atoms with Gasteiger partial charge in [0.2, 0.25) is 0 Å². The molecule has 0 radical (unpaired) electrons. The summed E-state index contributed by atoms with van der Waals surface area (Å²) in [6.07, 6.45) is 1.52. The van der Waals surface area contributed by atoms with E-state index in [0.717, 1.165) is 5.56 Å². The Morgan fingerprint density at radius 1 is 1.03 bits per heavy atom. The summed E-state index contributed by atoms with van der Waals surface area (Å²) in [4.78, 5) is 0.0446. The fraction of sp³-hybridized carbons (Fsp3) is 0.0455. The quantitative estimate of drug-likeness (QED) is 0.270. The van der Waals surface area contributed by atoms with E-state index >= 15 is 0 Å². The van der Waals surface area contributed by atoms with Gasteiger partial charge in [-0.05, 0) is 43.3 Å². The Bertz CT molecular complexity index is 1230. The number of nitrogens with zero attached hydrogens (tertiary/aromatic N) is 1. The molecule has 0 saturated carbocycles. The minimum Gasteiger partial charge on any atom is -0.378 e. The van der Waals surface area contributed by atoms with Gasteiger partial charge in [-0.15, -0.1) is 0 Å². The molecule has 0 saturated heterocycles. The highest BCUT2D eigenvalue weighted by Crippen LogP contribution is 2.31. The summed E-state index contributed by atoms with van der Waals surface area (Å²) in [6.45, 7) is 1.86. The van der Waals surface area contributed by atoms with Gasteiger partial charge in [0.25, 0.3) is 0 Å². The molecule has 0 N–H and O–H groups in total. The number of benzene rings is 3. The monoisotopic (exact) mass is 443 g/mol. The van der Waals surface area contributed by atoms with Gasteiger partial charge < -0.3 is 4.18 Å². The molecule has 0 fully saturated rings. The van der Waals surface area contributed by atoms with Crippen molar-refractivity contribution in [2.24, 2.45) is 0 Å². The van der Waals surface area contributed by atoms with E-state index in [-0.39, 0.29) is 16.2 Å². The van der Waals surface area contributed by atoms with E-state index in [0.29, 0.717) is 21.2 Å². The third-order valence-electron chi connectivity index (χ3n) is 4.07. The topological polar surface area (TPSA) is 67.2 Å². The minimum absolute atomic E-state index is 0.0446. The van der Waals surface area contributed by atoms with Crippen LogP contribution in [0.4, 0.5) is 0 Å². The summed E-state index contributed by atoms with van der Waals surface area (Å²) >= 11 is 12.1. The number of halogens is 2. The second kappa shape index (κ2) is 8.71. The summed E-state index contributed by atoms with van der Waals surface area (Å²) in [5, 5.41) is 10.4. The zero-order valence-corrected chi connectivity index (χ0v) is 17.6. The molecule has 0 aliphatic rings. The third-order valence-corrected chi connectivity index (χ3v) is 5.87. The molecule has 0 aromatic heterocycles. The van der Waals surface area contributed by atoms with Gasteiger partial charge in [-0.1, -0.05) is 65.2 Å². The first-order chi connectivity index (χ1) is 13.8. The molecule has 3 rings (SSSR count). The lowest BCUT2D eigenvalue weighted by Crippen LogP contribution is -2.10. The van der Waals surface area contributed by atoms with Crippen molar-refractivity contribution in [3.05, 3.63) is 93.5 Å². The second-order valence-corrected chi connectivity index (χ2v) is 8.57. The normalized spacial score (nSPS) is 11.7. The van der Waals surface area contributed by atoms with Crippen LogP contribution in [0.3, 0.4) is 0 Å². The maximum absolute atomic E-state index is 12.6. The van der Waals surface area contributed by atoms with Crippen molar-refractivity contribution in [2.45, 2.75) is 11.8 Å². The van der Waals surface area contributed by atoms with E-state index in [1.165, 1.54) is 30.3 Å². The van der Waals surface area contributed by atoms with E-state index in [9.17, 15) is 13.7 Å². The Morgan fingerprint density at radius 2 is 1.72 bits per heavy atom. The van der Waals surface area contributed by atoms with Gasteiger partial charge in [-0.2, -0.15) is 13.7 Å². The van der Waals surface area contributed by atoms with Crippen molar-refractivity contribution >= 4 is 45.0 Å². The molecule has 3 aromatic rings. The van der Waals surface area contributed by atoms with Crippen LogP contribution in [-0.4, -0.2) is 8.42 Å². The SMILES string of the molecule is Cc1ccc(S(=O)(=O)Oc2ccccc2/C=C(\C#N)c2ccc(Cl)cc2Cl)cc1. The zero-order chi connectivity index (χ0) is 21.0. The average Bonchev–Trinajstić information content (AvgIpc) is 2.68. The molecule has 0 amide bonds. The van der Waals surface area contributed by atoms with Gasteiger partial charge in [-0.3, -0.25) is 0 Å². The Labute approximate surface area is 179 Å². The third kappa shape index (κ3) is 4.99. The van der Waals surface area contributed by atoms with E-state index in [2.05, 4.69) is 6.07 Å². The van der Waals surface area contributed by atoms with Crippen LogP contribution in [0.2, 0.25) is 10.0 Å². The Hall–Kier alpha value is -2.78. The van der Waals surface area contributed by atoms with Gasteiger partial charge in [-0.25, -0.2) is 0 Å². The van der Waals surface area contributed by atoms with Crippen LogP contribution < -0.4 is 4.18 Å². The highest BCUT2D eigenvalue weighted by molar-refractivity contribution is 7.87. The first kappa shape index (κ1) is 20.9. The van der Waals surface area contributed by atoms with E-state index in [4.69, 9.17) is 27.4 Å². The van der Waals surface area contributed by atoms with Gasteiger partial charge in [0.05, 0.1) is 16.7 Å². The fourth-order valence-corrected chi connectivity index (χ4v) is 4.04. The van der Waals surface area contributed by atoms with Crippen molar-refractivity contribution in [3.8, 4) is 11.8 Å². The van der Waals surface area contributed by atoms with Crippen LogP contribution in [-0.2, 0) is 10.1 Å². The van der Waals surface area contributed by atoms with Crippen LogP contribution in [0.1, 0.15) is 16.7 Å². The predicted molar refractivity (Wildman–Crippen MR) is 115 cm³/mol. The molecular formula is C22H15Cl2NO3S. The summed E-state index contributed by atoms with van der Waals surface area (Å²) < 4.78 is 30.6. The molecule has 29 heavy (non-hydrogen) atoms.